The molecule has 8 rings (SSSR count). The highest BCUT2D eigenvalue weighted by Gasteiger charge is 2.67. The zero-order valence-electron chi connectivity index (χ0n) is 20.5. The van der Waals surface area contributed by atoms with Crippen molar-refractivity contribution in [3.8, 4) is 5.75 Å². The lowest BCUT2D eigenvalue weighted by molar-refractivity contribution is -0.139. The van der Waals surface area contributed by atoms with E-state index in [0.29, 0.717) is 17.5 Å². The summed E-state index contributed by atoms with van der Waals surface area (Å²) in [6, 6.07) is 16.2. The quantitative estimate of drug-likeness (QED) is 0.272. The molecule has 2 saturated carbocycles. The Labute approximate surface area is 215 Å². The Balaban J connectivity index is 1.06. The van der Waals surface area contributed by atoms with Gasteiger partial charge in [-0.15, -0.1) is 0 Å². The summed E-state index contributed by atoms with van der Waals surface area (Å²) < 4.78 is 5.67. The van der Waals surface area contributed by atoms with E-state index in [1.165, 1.54) is 4.90 Å². The van der Waals surface area contributed by atoms with Crippen LogP contribution in [0.4, 0.5) is 5.69 Å². The van der Waals surface area contributed by atoms with Crippen LogP contribution in [0, 0.1) is 41.4 Å². The van der Waals surface area contributed by atoms with Gasteiger partial charge in [0.05, 0.1) is 29.5 Å². The first-order valence-electron chi connectivity index (χ1n) is 13.1. The fourth-order valence-corrected chi connectivity index (χ4v) is 7.27. The van der Waals surface area contributed by atoms with Crippen molar-refractivity contribution in [2.75, 3.05) is 11.4 Å². The smallest absolute Gasteiger partial charge is 0.316 e. The predicted octanol–water partition coefficient (Wildman–Crippen LogP) is 3.76. The molecule has 8 atom stereocenters. The van der Waals surface area contributed by atoms with E-state index in [4.69, 9.17) is 4.74 Å². The van der Waals surface area contributed by atoms with Crippen molar-refractivity contribution in [2.24, 2.45) is 41.4 Å². The van der Waals surface area contributed by atoms with Crippen molar-refractivity contribution in [1.29, 1.82) is 0 Å². The lowest BCUT2D eigenvalue weighted by Gasteiger charge is -2.37. The number of allylic oxidation sites excluding steroid dienone is 2. The standard InChI is InChI=1S/C30H28N2O5/c1-16(17-6-3-2-4-7-17)31-15-18(12-25(31)33)30(36)37-20-9-5-8-19(13-20)32-28(34)26-21-10-11-22(24-14-23(21)24)27(26)29(32)35/h2-11,13,16,18,21-24,26-27H,12,14-15H2,1H3/t16-,18-,21+,22+,23-,24+,26-,27-/m1/s1. The summed E-state index contributed by atoms with van der Waals surface area (Å²) in [5.74, 6) is -0.321. The van der Waals surface area contributed by atoms with Gasteiger partial charge in [-0.3, -0.25) is 19.2 Å². The molecule has 188 valence electrons. The Morgan fingerprint density at radius 3 is 2.27 bits per heavy atom. The third-order valence-corrected chi connectivity index (χ3v) is 9.20. The van der Waals surface area contributed by atoms with Crippen LogP contribution in [0.5, 0.6) is 5.75 Å². The number of carbonyl (C=O) groups is 4. The molecule has 7 heteroatoms. The Morgan fingerprint density at radius 1 is 0.919 bits per heavy atom. The van der Waals surface area contributed by atoms with Crippen LogP contribution < -0.4 is 9.64 Å². The van der Waals surface area contributed by atoms with Crippen LogP contribution in [0.2, 0.25) is 0 Å². The van der Waals surface area contributed by atoms with Gasteiger partial charge < -0.3 is 9.64 Å². The van der Waals surface area contributed by atoms with E-state index in [9.17, 15) is 19.2 Å². The van der Waals surface area contributed by atoms with E-state index in [2.05, 4.69) is 12.2 Å². The highest BCUT2D eigenvalue weighted by molar-refractivity contribution is 6.22. The molecule has 2 aromatic rings. The fourth-order valence-electron chi connectivity index (χ4n) is 7.27. The minimum atomic E-state index is -0.575. The van der Waals surface area contributed by atoms with Crippen LogP contribution in [0.15, 0.2) is 66.7 Å². The molecule has 4 aliphatic carbocycles. The molecule has 7 nitrogen and oxygen atoms in total. The van der Waals surface area contributed by atoms with Gasteiger partial charge in [0, 0.05) is 19.0 Å². The Kier molecular flexibility index (Phi) is 4.94. The number of rotatable bonds is 5. The molecule has 2 heterocycles. The third-order valence-electron chi connectivity index (χ3n) is 9.20. The van der Waals surface area contributed by atoms with Crippen LogP contribution in [-0.2, 0) is 19.2 Å². The van der Waals surface area contributed by atoms with Crippen LogP contribution in [-0.4, -0.2) is 35.1 Å². The highest BCUT2D eigenvalue weighted by atomic mass is 16.5. The number of hydrogen-bond acceptors (Lipinski definition) is 5. The average molecular weight is 497 g/mol. The SMILES string of the molecule is C[C@H](c1ccccc1)N1C[C@H](C(=O)Oc2cccc(N3C(=O)[C@@H]4[C@H]5C=C[C@@H]([C@@H]6C[C@H]56)[C@H]4C3=O)c2)CC1=O. The molecule has 2 aromatic carbocycles. The van der Waals surface area contributed by atoms with E-state index in [0.717, 1.165) is 12.0 Å². The number of carbonyl (C=O) groups excluding carboxylic acids is 4. The first-order valence-corrected chi connectivity index (χ1v) is 13.1. The lowest BCUT2D eigenvalue weighted by atomic mass is 9.63. The van der Waals surface area contributed by atoms with Gasteiger partial charge in [0.2, 0.25) is 17.7 Å². The summed E-state index contributed by atoms with van der Waals surface area (Å²) in [6.45, 7) is 2.25. The van der Waals surface area contributed by atoms with Crippen LogP contribution in [0.3, 0.4) is 0 Å². The van der Waals surface area contributed by atoms with Gasteiger partial charge in [-0.2, -0.15) is 0 Å². The molecule has 4 fully saturated rings. The topological polar surface area (TPSA) is 84.0 Å². The van der Waals surface area contributed by atoms with Crippen molar-refractivity contribution in [2.45, 2.75) is 25.8 Å². The van der Waals surface area contributed by atoms with Crippen molar-refractivity contribution >= 4 is 29.4 Å². The molecule has 2 saturated heterocycles. The van der Waals surface area contributed by atoms with Gasteiger partial charge >= 0.3 is 5.97 Å². The minimum Gasteiger partial charge on any atom is -0.426 e. The van der Waals surface area contributed by atoms with Gasteiger partial charge in [-0.05, 0) is 54.7 Å². The van der Waals surface area contributed by atoms with E-state index in [1.807, 2.05) is 37.3 Å². The van der Waals surface area contributed by atoms with Crippen LogP contribution >= 0.6 is 0 Å². The molecule has 3 amide bonds. The number of anilines is 1. The maximum absolute atomic E-state index is 13.4. The van der Waals surface area contributed by atoms with Crippen molar-refractivity contribution in [1.82, 2.24) is 4.90 Å². The fraction of sp³-hybridized carbons (Fsp3) is 0.400. The summed E-state index contributed by atoms with van der Waals surface area (Å²) in [5.41, 5.74) is 1.45. The second kappa shape index (κ2) is 8.13. The maximum atomic E-state index is 13.4. The minimum absolute atomic E-state index is 0.0794. The predicted molar refractivity (Wildman–Crippen MR) is 134 cm³/mol. The van der Waals surface area contributed by atoms with Crippen LogP contribution in [0.25, 0.3) is 0 Å². The first kappa shape index (κ1) is 22.5. The highest BCUT2D eigenvalue weighted by Crippen LogP contribution is 2.65. The Bertz CT molecular complexity index is 1320. The molecule has 0 spiro atoms. The molecule has 6 aliphatic rings. The molecular weight excluding hydrogens is 468 g/mol. The van der Waals surface area contributed by atoms with E-state index in [1.54, 1.807) is 29.2 Å². The lowest BCUT2D eigenvalue weighted by Crippen LogP contribution is -2.40. The molecule has 2 bridgehead atoms. The molecule has 2 aliphatic heterocycles. The van der Waals surface area contributed by atoms with Gasteiger partial charge in [0.25, 0.3) is 0 Å². The Morgan fingerprint density at radius 2 is 1.59 bits per heavy atom. The summed E-state index contributed by atoms with van der Waals surface area (Å²) >= 11 is 0. The van der Waals surface area contributed by atoms with E-state index < -0.39 is 11.9 Å². The van der Waals surface area contributed by atoms with E-state index >= 15 is 0 Å². The normalized spacial score (nSPS) is 34.0. The molecule has 0 aromatic heterocycles. The molecule has 0 radical (unpaired) electrons. The first-order chi connectivity index (χ1) is 17.9. The van der Waals surface area contributed by atoms with E-state index in [-0.39, 0.29) is 66.2 Å². The van der Waals surface area contributed by atoms with Crippen molar-refractivity contribution in [3.63, 3.8) is 0 Å². The number of amides is 3. The number of hydrogen-bond donors (Lipinski definition) is 0. The molecule has 37 heavy (non-hydrogen) atoms. The average Bonchev–Trinajstić information content (AvgIpc) is 3.59. The number of nitrogens with zero attached hydrogens (tertiary/aromatic N) is 2. The zero-order valence-corrected chi connectivity index (χ0v) is 20.5. The van der Waals surface area contributed by atoms with Gasteiger partial charge in [0.1, 0.15) is 5.75 Å². The summed E-state index contributed by atoms with van der Waals surface area (Å²) in [6.07, 6.45) is 5.52. The largest absolute Gasteiger partial charge is 0.426 e. The number of imide groups is 1. The third kappa shape index (κ3) is 3.40. The number of esters is 1. The molecular formula is C30H28N2O5. The molecule has 0 N–H and O–H groups in total. The van der Waals surface area contributed by atoms with Crippen molar-refractivity contribution in [3.05, 3.63) is 72.3 Å². The molecule has 0 unspecified atom stereocenters. The number of likely N-dealkylation sites (tertiary alicyclic amines) is 1. The number of benzene rings is 2. The summed E-state index contributed by atoms with van der Waals surface area (Å²) in [7, 11) is 0. The van der Waals surface area contributed by atoms with Gasteiger partial charge in [0.15, 0.2) is 0 Å². The zero-order chi connectivity index (χ0) is 25.4. The van der Waals surface area contributed by atoms with Crippen LogP contribution in [0.1, 0.15) is 31.4 Å². The summed E-state index contributed by atoms with van der Waals surface area (Å²) in [4.78, 5) is 55.6. The number of ether oxygens (including phenoxy) is 1. The van der Waals surface area contributed by atoms with Crippen molar-refractivity contribution < 1.29 is 23.9 Å². The Hall–Kier alpha value is -3.74. The monoisotopic (exact) mass is 496 g/mol. The van der Waals surface area contributed by atoms with Gasteiger partial charge in [-0.25, -0.2) is 4.90 Å². The maximum Gasteiger partial charge on any atom is 0.316 e. The second-order valence-electron chi connectivity index (χ2n) is 11.1. The van der Waals surface area contributed by atoms with Gasteiger partial charge in [-0.1, -0.05) is 48.6 Å². The summed E-state index contributed by atoms with van der Waals surface area (Å²) in [5, 5.41) is 0. The second-order valence-corrected chi connectivity index (χ2v) is 11.1.